The summed E-state index contributed by atoms with van der Waals surface area (Å²) in [6.45, 7) is 2.04. The van der Waals surface area contributed by atoms with E-state index in [0.29, 0.717) is 17.5 Å². The third-order valence-electron chi connectivity index (χ3n) is 2.83. The number of imidazole rings is 1. The predicted octanol–water partition coefficient (Wildman–Crippen LogP) is 3.07. The smallest absolute Gasteiger partial charge is 0.247 e. The van der Waals surface area contributed by atoms with Crippen molar-refractivity contribution in [3.8, 4) is 11.5 Å². The molecule has 5 nitrogen and oxygen atoms in total. The van der Waals surface area contributed by atoms with Gasteiger partial charge in [-0.2, -0.15) is 0 Å². The van der Waals surface area contributed by atoms with E-state index in [0.717, 1.165) is 10.7 Å². The maximum absolute atomic E-state index is 5.68. The Balaban J connectivity index is 1.72. The van der Waals surface area contributed by atoms with Crippen molar-refractivity contribution in [3.05, 3.63) is 48.1 Å². The SMILES string of the molecule is Cc1cccc(-c2nnc(CSc3nccn3C)o2)c1. The largest absolute Gasteiger partial charge is 0.420 e. The first-order valence-electron chi connectivity index (χ1n) is 6.22. The van der Waals surface area contributed by atoms with Crippen LogP contribution in [0.5, 0.6) is 0 Å². The van der Waals surface area contributed by atoms with Crippen LogP contribution in [-0.4, -0.2) is 19.7 Å². The maximum Gasteiger partial charge on any atom is 0.247 e. The highest BCUT2D eigenvalue weighted by molar-refractivity contribution is 7.98. The van der Waals surface area contributed by atoms with Crippen molar-refractivity contribution in [2.45, 2.75) is 17.8 Å². The molecule has 0 fully saturated rings. The van der Waals surface area contributed by atoms with Gasteiger partial charge in [-0.1, -0.05) is 29.5 Å². The van der Waals surface area contributed by atoms with Crippen molar-refractivity contribution in [3.63, 3.8) is 0 Å². The van der Waals surface area contributed by atoms with E-state index in [4.69, 9.17) is 4.42 Å². The number of benzene rings is 1. The average Bonchev–Trinajstić information content (AvgIpc) is 3.05. The lowest BCUT2D eigenvalue weighted by Crippen LogP contribution is -1.89. The molecule has 0 atom stereocenters. The van der Waals surface area contributed by atoms with E-state index >= 15 is 0 Å². The fourth-order valence-corrected chi connectivity index (χ4v) is 2.59. The minimum atomic E-state index is 0.559. The Morgan fingerprint density at radius 1 is 1.30 bits per heavy atom. The van der Waals surface area contributed by atoms with Gasteiger partial charge in [0.1, 0.15) is 0 Å². The third-order valence-corrected chi connectivity index (χ3v) is 3.88. The molecular formula is C14H14N4OS. The molecule has 0 aliphatic heterocycles. The number of nitrogens with zero attached hydrogens (tertiary/aromatic N) is 4. The Morgan fingerprint density at radius 2 is 2.20 bits per heavy atom. The number of aryl methyl sites for hydroxylation is 2. The number of aromatic nitrogens is 4. The van der Waals surface area contributed by atoms with Crippen LogP contribution in [0.4, 0.5) is 0 Å². The summed E-state index contributed by atoms with van der Waals surface area (Å²) < 4.78 is 7.64. The van der Waals surface area contributed by atoms with E-state index in [1.807, 2.05) is 49.0 Å². The second-order valence-corrected chi connectivity index (χ2v) is 5.42. The number of rotatable bonds is 4. The molecule has 2 heterocycles. The summed E-state index contributed by atoms with van der Waals surface area (Å²) in [5.74, 6) is 1.78. The lowest BCUT2D eigenvalue weighted by atomic mass is 10.1. The molecule has 6 heteroatoms. The van der Waals surface area contributed by atoms with Gasteiger partial charge in [-0.3, -0.25) is 0 Å². The average molecular weight is 286 g/mol. The molecule has 0 aliphatic carbocycles. The van der Waals surface area contributed by atoms with E-state index in [1.54, 1.807) is 18.0 Å². The topological polar surface area (TPSA) is 56.7 Å². The summed E-state index contributed by atoms with van der Waals surface area (Å²) in [4.78, 5) is 4.24. The van der Waals surface area contributed by atoms with Crippen LogP contribution in [0.1, 0.15) is 11.5 Å². The van der Waals surface area contributed by atoms with Gasteiger partial charge in [0.15, 0.2) is 5.16 Å². The van der Waals surface area contributed by atoms with Gasteiger partial charge in [-0.15, -0.1) is 10.2 Å². The highest BCUT2D eigenvalue weighted by atomic mass is 32.2. The third kappa shape index (κ3) is 2.75. The second-order valence-electron chi connectivity index (χ2n) is 4.48. The Bertz CT molecular complexity index is 719. The van der Waals surface area contributed by atoms with Gasteiger partial charge in [0, 0.05) is 25.0 Å². The summed E-state index contributed by atoms with van der Waals surface area (Å²) in [5, 5.41) is 9.10. The van der Waals surface area contributed by atoms with E-state index < -0.39 is 0 Å². The molecule has 1 aromatic carbocycles. The van der Waals surface area contributed by atoms with Gasteiger partial charge in [-0.25, -0.2) is 4.98 Å². The number of thioether (sulfide) groups is 1. The van der Waals surface area contributed by atoms with E-state index in [9.17, 15) is 0 Å². The van der Waals surface area contributed by atoms with Crippen molar-refractivity contribution in [1.29, 1.82) is 0 Å². The van der Waals surface area contributed by atoms with Crippen LogP contribution in [0.2, 0.25) is 0 Å². The Labute approximate surface area is 121 Å². The van der Waals surface area contributed by atoms with Crippen molar-refractivity contribution in [2.24, 2.45) is 7.05 Å². The van der Waals surface area contributed by atoms with Gasteiger partial charge >= 0.3 is 0 Å². The normalized spacial score (nSPS) is 10.9. The van der Waals surface area contributed by atoms with E-state index in [-0.39, 0.29) is 0 Å². The summed E-state index contributed by atoms with van der Waals surface area (Å²) in [7, 11) is 1.96. The molecule has 0 unspecified atom stereocenters. The van der Waals surface area contributed by atoms with Crippen LogP contribution in [0.3, 0.4) is 0 Å². The molecule has 20 heavy (non-hydrogen) atoms. The number of hydrogen-bond donors (Lipinski definition) is 0. The predicted molar refractivity (Wildman–Crippen MR) is 77.2 cm³/mol. The van der Waals surface area contributed by atoms with Gasteiger partial charge in [0.2, 0.25) is 11.8 Å². The second kappa shape index (κ2) is 5.50. The maximum atomic E-state index is 5.68. The fourth-order valence-electron chi connectivity index (χ4n) is 1.82. The highest BCUT2D eigenvalue weighted by Crippen LogP contribution is 2.23. The zero-order valence-corrected chi connectivity index (χ0v) is 12.1. The molecule has 0 amide bonds. The van der Waals surface area contributed by atoms with Gasteiger partial charge in [-0.05, 0) is 19.1 Å². The van der Waals surface area contributed by atoms with Crippen molar-refractivity contribution >= 4 is 11.8 Å². The molecule has 0 aliphatic rings. The monoisotopic (exact) mass is 286 g/mol. The molecular weight excluding hydrogens is 272 g/mol. The fraction of sp³-hybridized carbons (Fsp3) is 0.214. The molecule has 2 aromatic heterocycles. The molecule has 3 aromatic rings. The first-order chi connectivity index (χ1) is 9.72. The Kier molecular flexibility index (Phi) is 3.56. The quantitative estimate of drug-likeness (QED) is 0.690. The summed E-state index contributed by atoms with van der Waals surface area (Å²) in [5.41, 5.74) is 2.12. The zero-order chi connectivity index (χ0) is 13.9. The summed E-state index contributed by atoms with van der Waals surface area (Å²) >= 11 is 1.57. The molecule has 0 bridgehead atoms. The minimum absolute atomic E-state index is 0.559. The van der Waals surface area contributed by atoms with E-state index in [1.165, 1.54) is 5.56 Å². The van der Waals surface area contributed by atoms with E-state index in [2.05, 4.69) is 15.2 Å². The van der Waals surface area contributed by atoms with Crippen LogP contribution in [0, 0.1) is 6.92 Å². The number of hydrogen-bond acceptors (Lipinski definition) is 5. The first-order valence-corrected chi connectivity index (χ1v) is 7.20. The van der Waals surface area contributed by atoms with Gasteiger partial charge in [0.25, 0.3) is 0 Å². The molecule has 102 valence electrons. The first kappa shape index (κ1) is 12.9. The van der Waals surface area contributed by atoms with Crippen LogP contribution in [0.15, 0.2) is 46.2 Å². The molecule has 3 rings (SSSR count). The van der Waals surface area contributed by atoms with Crippen LogP contribution in [0.25, 0.3) is 11.5 Å². The zero-order valence-electron chi connectivity index (χ0n) is 11.3. The molecule has 0 saturated carbocycles. The molecule has 0 N–H and O–H groups in total. The van der Waals surface area contributed by atoms with Gasteiger partial charge < -0.3 is 8.98 Å². The Hall–Kier alpha value is -2.08. The van der Waals surface area contributed by atoms with Crippen molar-refractivity contribution in [2.75, 3.05) is 0 Å². The highest BCUT2D eigenvalue weighted by Gasteiger charge is 2.10. The summed E-state index contributed by atoms with van der Waals surface area (Å²) in [6.07, 6.45) is 3.68. The molecule has 0 spiro atoms. The van der Waals surface area contributed by atoms with Crippen molar-refractivity contribution in [1.82, 2.24) is 19.7 Å². The summed E-state index contributed by atoms with van der Waals surface area (Å²) in [6, 6.07) is 8.02. The minimum Gasteiger partial charge on any atom is -0.420 e. The molecule has 0 radical (unpaired) electrons. The van der Waals surface area contributed by atoms with Crippen molar-refractivity contribution < 1.29 is 4.42 Å². The Morgan fingerprint density at radius 3 is 2.95 bits per heavy atom. The van der Waals surface area contributed by atoms with Crippen LogP contribution in [-0.2, 0) is 12.8 Å². The van der Waals surface area contributed by atoms with Crippen LogP contribution < -0.4 is 0 Å². The lowest BCUT2D eigenvalue weighted by molar-refractivity contribution is 0.528. The standard InChI is InChI=1S/C14H14N4OS/c1-10-4-3-5-11(8-10)13-17-16-12(19-13)9-20-14-15-6-7-18(14)2/h3-8H,9H2,1-2H3. The lowest BCUT2D eigenvalue weighted by Gasteiger charge is -1.98. The van der Waals surface area contributed by atoms with Gasteiger partial charge in [0.05, 0.1) is 5.75 Å². The van der Waals surface area contributed by atoms with Crippen LogP contribution >= 0.6 is 11.8 Å². The molecule has 0 saturated heterocycles.